The SMILES string of the molecule is CCNC(=NCc1ccccc1CN1CCCC(C)C1)NCC(=O)NC(C)(C)C. The van der Waals surface area contributed by atoms with Crippen molar-refractivity contribution in [2.24, 2.45) is 10.9 Å². The molecule has 6 nitrogen and oxygen atoms in total. The molecule has 1 unspecified atom stereocenters. The van der Waals surface area contributed by atoms with E-state index >= 15 is 0 Å². The van der Waals surface area contributed by atoms with Gasteiger partial charge in [-0.15, -0.1) is 0 Å². The zero-order chi connectivity index (χ0) is 21.3. The van der Waals surface area contributed by atoms with Gasteiger partial charge < -0.3 is 16.0 Å². The fourth-order valence-electron chi connectivity index (χ4n) is 3.67. The van der Waals surface area contributed by atoms with Crippen LogP contribution in [0.5, 0.6) is 0 Å². The van der Waals surface area contributed by atoms with Gasteiger partial charge in [-0.3, -0.25) is 9.69 Å². The summed E-state index contributed by atoms with van der Waals surface area (Å²) in [4.78, 5) is 19.4. The summed E-state index contributed by atoms with van der Waals surface area (Å²) in [5.74, 6) is 1.40. The van der Waals surface area contributed by atoms with E-state index in [4.69, 9.17) is 4.99 Å². The van der Waals surface area contributed by atoms with E-state index in [2.05, 4.69) is 52.0 Å². The molecule has 1 aromatic carbocycles. The normalized spacial score (nSPS) is 18.4. The van der Waals surface area contributed by atoms with Crippen LogP contribution < -0.4 is 16.0 Å². The van der Waals surface area contributed by atoms with Crippen LogP contribution >= 0.6 is 0 Å². The van der Waals surface area contributed by atoms with E-state index in [0.717, 1.165) is 19.0 Å². The van der Waals surface area contributed by atoms with Crippen LogP contribution in [0.3, 0.4) is 0 Å². The van der Waals surface area contributed by atoms with E-state index in [1.54, 1.807) is 0 Å². The number of likely N-dealkylation sites (tertiary alicyclic amines) is 1. The molecular formula is C23H39N5O. The van der Waals surface area contributed by atoms with Gasteiger partial charge in [-0.1, -0.05) is 31.2 Å². The number of nitrogens with one attached hydrogen (secondary N) is 3. The van der Waals surface area contributed by atoms with E-state index in [1.165, 1.54) is 37.1 Å². The van der Waals surface area contributed by atoms with Gasteiger partial charge in [0.05, 0.1) is 13.1 Å². The molecule has 0 aliphatic carbocycles. The van der Waals surface area contributed by atoms with Crippen LogP contribution in [0, 0.1) is 5.92 Å². The van der Waals surface area contributed by atoms with Crippen molar-refractivity contribution in [3.8, 4) is 0 Å². The van der Waals surface area contributed by atoms with E-state index in [9.17, 15) is 4.79 Å². The summed E-state index contributed by atoms with van der Waals surface area (Å²) >= 11 is 0. The van der Waals surface area contributed by atoms with Gasteiger partial charge in [-0.25, -0.2) is 4.99 Å². The zero-order valence-corrected chi connectivity index (χ0v) is 18.8. The molecule has 162 valence electrons. The third-order valence-electron chi connectivity index (χ3n) is 4.94. The summed E-state index contributed by atoms with van der Waals surface area (Å²) in [5.41, 5.74) is 2.34. The molecule has 0 spiro atoms. The molecule has 0 saturated carbocycles. The maximum absolute atomic E-state index is 12.1. The molecule has 6 heteroatoms. The van der Waals surface area contributed by atoms with Crippen molar-refractivity contribution < 1.29 is 4.79 Å². The number of piperidine rings is 1. The van der Waals surface area contributed by atoms with Gasteiger partial charge in [0.25, 0.3) is 0 Å². The van der Waals surface area contributed by atoms with Crippen LogP contribution in [0.25, 0.3) is 0 Å². The average molecular weight is 402 g/mol. The highest BCUT2D eigenvalue weighted by molar-refractivity contribution is 5.86. The Morgan fingerprint density at radius 1 is 1.21 bits per heavy atom. The fraction of sp³-hybridized carbons (Fsp3) is 0.652. The number of carbonyl (C=O) groups excluding carboxylic acids is 1. The minimum Gasteiger partial charge on any atom is -0.357 e. The number of rotatable bonds is 7. The van der Waals surface area contributed by atoms with E-state index < -0.39 is 0 Å². The van der Waals surface area contributed by atoms with Crippen LogP contribution in [-0.4, -0.2) is 48.5 Å². The van der Waals surface area contributed by atoms with Crippen LogP contribution in [0.1, 0.15) is 58.6 Å². The number of guanidine groups is 1. The maximum atomic E-state index is 12.1. The molecule has 3 N–H and O–H groups in total. The Hall–Kier alpha value is -2.08. The Morgan fingerprint density at radius 3 is 2.59 bits per heavy atom. The minimum absolute atomic E-state index is 0.0391. The average Bonchev–Trinajstić information content (AvgIpc) is 2.64. The first-order valence-corrected chi connectivity index (χ1v) is 10.9. The fourth-order valence-corrected chi connectivity index (χ4v) is 3.67. The van der Waals surface area contributed by atoms with Crippen molar-refractivity contribution in [2.75, 3.05) is 26.2 Å². The number of benzene rings is 1. The van der Waals surface area contributed by atoms with Crippen molar-refractivity contribution in [2.45, 2.75) is 66.1 Å². The second-order valence-corrected chi connectivity index (χ2v) is 9.10. The van der Waals surface area contributed by atoms with E-state index in [0.29, 0.717) is 12.5 Å². The van der Waals surface area contributed by atoms with Gasteiger partial charge in [-0.2, -0.15) is 0 Å². The van der Waals surface area contributed by atoms with Crippen molar-refractivity contribution in [1.82, 2.24) is 20.9 Å². The molecule has 1 amide bonds. The lowest BCUT2D eigenvalue weighted by Gasteiger charge is -2.31. The highest BCUT2D eigenvalue weighted by Gasteiger charge is 2.17. The molecule has 1 heterocycles. The monoisotopic (exact) mass is 401 g/mol. The summed E-state index contributed by atoms with van der Waals surface area (Å²) < 4.78 is 0. The predicted octanol–water partition coefficient (Wildman–Crippen LogP) is 2.89. The van der Waals surface area contributed by atoms with Crippen molar-refractivity contribution in [3.05, 3.63) is 35.4 Å². The molecule has 29 heavy (non-hydrogen) atoms. The number of nitrogens with zero attached hydrogens (tertiary/aromatic N) is 2. The second-order valence-electron chi connectivity index (χ2n) is 9.10. The van der Waals surface area contributed by atoms with Gasteiger partial charge >= 0.3 is 0 Å². The van der Waals surface area contributed by atoms with Gasteiger partial charge in [-0.05, 0) is 64.1 Å². The van der Waals surface area contributed by atoms with Gasteiger partial charge in [0.1, 0.15) is 0 Å². The third-order valence-corrected chi connectivity index (χ3v) is 4.94. The van der Waals surface area contributed by atoms with E-state index in [-0.39, 0.29) is 18.0 Å². The molecule has 1 fully saturated rings. The lowest BCUT2D eigenvalue weighted by atomic mass is 9.99. The van der Waals surface area contributed by atoms with Crippen molar-refractivity contribution >= 4 is 11.9 Å². The molecule has 0 radical (unpaired) electrons. The molecule has 1 saturated heterocycles. The first-order chi connectivity index (χ1) is 13.8. The van der Waals surface area contributed by atoms with E-state index in [1.807, 2.05) is 27.7 Å². The summed E-state index contributed by atoms with van der Waals surface area (Å²) in [7, 11) is 0. The Morgan fingerprint density at radius 2 is 1.93 bits per heavy atom. The molecule has 1 aromatic rings. The summed E-state index contributed by atoms with van der Waals surface area (Å²) in [6.45, 7) is 15.2. The summed E-state index contributed by atoms with van der Waals surface area (Å²) in [5, 5.41) is 9.32. The number of amides is 1. The lowest BCUT2D eigenvalue weighted by molar-refractivity contribution is -0.121. The molecule has 0 bridgehead atoms. The highest BCUT2D eigenvalue weighted by atomic mass is 16.2. The Balaban J connectivity index is 1.98. The minimum atomic E-state index is -0.237. The molecule has 1 aliphatic heterocycles. The summed E-state index contributed by atoms with van der Waals surface area (Å²) in [6.07, 6.45) is 2.62. The zero-order valence-electron chi connectivity index (χ0n) is 18.8. The molecule has 2 rings (SSSR count). The van der Waals surface area contributed by atoms with Gasteiger partial charge in [0.2, 0.25) is 5.91 Å². The quantitative estimate of drug-likeness (QED) is 0.485. The Kier molecular flexibility index (Phi) is 8.96. The predicted molar refractivity (Wildman–Crippen MR) is 121 cm³/mol. The van der Waals surface area contributed by atoms with Gasteiger partial charge in [0.15, 0.2) is 5.96 Å². The van der Waals surface area contributed by atoms with Crippen LogP contribution in [0.2, 0.25) is 0 Å². The standard InChI is InChI=1S/C23H39N5O/c1-6-24-22(26-15-21(29)27-23(3,4)5)25-14-19-11-7-8-12-20(19)17-28-13-9-10-18(2)16-28/h7-8,11-12,18H,6,9-10,13-17H2,1-5H3,(H,27,29)(H2,24,25,26). The Bertz CT molecular complexity index is 680. The van der Waals surface area contributed by atoms with Gasteiger partial charge in [0, 0.05) is 25.2 Å². The Labute approximate surface area is 176 Å². The van der Waals surface area contributed by atoms with Crippen LogP contribution in [-0.2, 0) is 17.9 Å². The molecule has 1 aliphatic rings. The highest BCUT2D eigenvalue weighted by Crippen LogP contribution is 2.20. The second kappa shape index (κ2) is 11.2. The summed E-state index contributed by atoms with van der Waals surface area (Å²) in [6, 6.07) is 8.55. The third kappa shape index (κ3) is 8.86. The number of carbonyl (C=O) groups is 1. The molecule has 1 atom stereocenters. The number of hydrogen-bond acceptors (Lipinski definition) is 3. The van der Waals surface area contributed by atoms with Crippen molar-refractivity contribution in [3.63, 3.8) is 0 Å². The van der Waals surface area contributed by atoms with Crippen LogP contribution in [0.4, 0.5) is 0 Å². The number of aliphatic imine (C=N–C) groups is 1. The largest absolute Gasteiger partial charge is 0.357 e. The number of hydrogen-bond donors (Lipinski definition) is 3. The molecule has 0 aromatic heterocycles. The lowest BCUT2D eigenvalue weighted by Crippen LogP contribution is -2.48. The van der Waals surface area contributed by atoms with Crippen LogP contribution in [0.15, 0.2) is 29.3 Å². The first-order valence-electron chi connectivity index (χ1n) is 10.9. The van der Waals surface area contributed by atoms with Crippen molar-refractivity contribution in [1.29, 1.82) is 0 Å². The maximum Gasteiger partial charge on any atom is 0.239 e. The smallest absolute Gasteiger partial charge is 0.239 e. The first kappa shape index (κ1) is 23.2. The topological polar surface area (TPSA) is 68.8 Å². The molecular weight excluding hydrogens is 362 g/mol.